The Bertz CT molecular complexity index is 4910. The molecular weight excluding hydrogens is 1710 g/mol. The number of carboxylic acids is 1. The fourth-order valence-electron chi connectivity index (χ4n) is 17.1. The van der Waals surface area contributed by atoms with Gasteiger partial charge in [-0.25, -0.2) is 0 Å². The highest BCUT2D eigenvalue weighted by Gasteiger charge is 2.47. The molecule has 6 heterocycles. The van der Waals surface area contributed by atoms with Crippen LogP contribution in [0.3, 0.4) is 0 Å². The van der Waals surface area contributed by atoms with Crippen LogP contribution in [0.5, 0.6) is 5.75 Å². The van der Waals surface area contributed by atoms with Crippen molar-refractivity contribution in [3.63, 3.8) is 0 Å². The number of hydrogen-bond donors (Lipinski definition) is 15. The fraction of sp³-hybridized carbons (Fsp3) is 0.551. The van der Waals surface area contributed by atoms with Crippen LogP contribution in [-0.4, -0.2) is 293 Å². The lowest BCUT2D eigenvalue weighted by atomic mass is 9.89. The molecule has 5 aromatic rings. The monoisotopic (exact) mass is 1830 g/mol. The zero-order chi connectivity index (χ0) is 94.0. The van der Waals surface area contributed by atoms with Crippen molar-refractivity contribution in [1.29, 1.82) is 0 Å². The molecule has 4 aliphatic heterocycles. The average Bonchev–Trinajstić information content (AvgIpc) is 1.64. The van der Waals surface area contributed by atoms with Crippen LogP contribution in [-0.2, 0) is 106 Å². The number of aromatic hydroxyl groups is 1. The molecule has 0 aliphatic carbocycles. The number of aromatic amines is 1. The summed E-state index contributed by atoms with van der Waals surface area (Å²) in [4.78, 5) is 269. The van der Waals surface area contributed by atoms with Crippen LogP contribution in [0.25, 0.3) is 21.0 Å². The number of carboxylic acid groups (broad SMARTS) is 1. The number of rotatable bonds is 22. The molecule has 18 N–H and O–H groups in total. The lowest BCUT2D eigenvalue weighted by molar-refractivity contribution is -0.149. The molecule has 0 spiro atoms. The zero-order valence-corrected chi connectivity index (χ0v) is 74.8. The number of aliphatic hydroxyl groups is 2. The number of unbranched alkanes of at least 4 members (excludes halogenated alkanes) is 2. The maximum absolute atomic E-state index is 15.6. The number of para-hydroxylation sites is 1. The minimum absolute atomic E-state index is 0.0270. The zero-order valence-electron chi connectivity index (χ0n) is 73.2. The molecule has 38 nitrogen and oxygen atoms in total. The van der Waals surface area contributed by atoms with E-state index in [0.29, 0.717) is 71.5 Å². The van der Waals surface area contributed by atoms with E-state index in [2.05, 4.69) is 42.2 Å². The van der Waals surface area contributed by atoms with Gasteiger partial charge in [0.1, 0.15) is 54.1 Å². The van der Waals surface area contributed by atoms with Gasteiger partial charge >= 0.3 is 5.97 Å². The molecule has 4 aliphatic rings. The molecule has 0 unspecified atom stereocenters. The normalized spacial score (nSPS) is 26.0. The Hall–Kier alpha value is -11.8. The lowest BCUT2D eigenvalue weighted by Gasteiger charge is -2.38. The van der Waals surface area contributed by atoms with Crippen molar-refractivity contribution in [1.82, 2.24) is 66.7 Å². The first-order valence-corrected chi connectivity index (χ1v) is 45.8. The van der Waals surface area contributed by atoms with Crippen molar-refractivity contribution < 1.29 is 107 Å². The van der Waals surface area contributed by atoms with E-state index in [4.69, 9.17) is 17.2 Å². The van der Waals surface area contributed by atoms with Gasteiger partial charge in [0.05, 0.1) is 61.4 Å². The molecule has 4 fully saturated rings. The predicted molar refractivity (Wildman–Crippen MR) is 475 cm³/mol. The van der Waals surface area contributed by atoms with Gasteiger partial charge in [-0.05, 0) is 110 Å². The molecule has 9 rings (SSSR count). The van der Waals surface area contributed by atoms with Gasteiger partial charge in [-0.3, -0.25) is 86.3 Å². The Balaban J connectivity index is 1.07. The van der Waals surface area contributed by atoms with Crippen LogP contribution < -0.4 is 54.4 Å². The number of aliphatic carboxylic acids is 1. The number of piperidine rings is 1. The van der Waals surface area contributed by atoms with Crippen molar-refractivity contribution in [3.05, 3.63) is 101 Å². The minimum Gasteiger partial charge on any atom is -0.508 e. The summed E-state index contributed by atoms with van der Waals surface area (Å²) in [6.07, 6.45) is -2.15. The summed E-state index contributed by atoms with van der Waals surface area (Å²) in [7, 11) is 2.73. The number of hydrogen-bond acceptors (Lipinski definition) is 24. The van der Waals surface area contributed by atoms with Gasteiger partial charge in [0.25, 0.3) is 0 Å². The number of phenolic OH excluding ortho intramolecular Hbond substituents is 1. The number of thiophene rings is 1. The van der Waals surface area contributed by atoms with Gasteiger partial charge in [0, 0.05) is 125 Å². The molecule has 4 saturated heterocycles. The number of carbonyl (C=O) groups is 18. The van der Waals surface area contributed by atoms with E-state index in [0.717, 1.165) is 31.2 Å². The summed E-state index contributed by atoms with van der Waals surface area (Å²) in [5.41, 5.74) is 19.3. The first kappa shape index (κ1) is 101. The van der Waals surface area contributed by atoms with Crippen molar-refractivity contribution >= 4 is 150 Å². The van der Waals surface area contributed by atoms with Crippen molar-refractivity contribution in [2.75, 3.05) is 64.9 Å². The van der Waals surface area contributed by atoms with Crippen molar-refractivity contribution in [2.24, 2.45) is 35.0 Å². The molecule has 700 valence electrons. The molecule has 129 heavy (non-hydrogen) atoms. The van der Waals surface area contributed by atoms with Crippen molar-refractivity contribution in [3.8, 4) is 5.75 Å². The van der Waals surface area contributed by atoms with Crippen LogP contribution >= 0.6 is 23.1 Å². The number of nitrogens with zero attached hydrogens (tertiary/aromatic N) is 5. The molecular formula is C89H120N16O22S2. The van der Waals surface area contributed by atoms with E-state index in [1.54, 1.807) is 41.9 Å². The molecule has 0 bridgehead atoms. The first-order chi connectivity index (χ1) is 61.5. The van der Waals surface area contributed by atoms with Gasteiger partial charge in [0.2, 0.25) is 82.7 Å². The summed E-state index contributed by atoms with van der Waals surface area (Å²) < 4.78 is 0.816. The first-order valence-electron chi connectivity index (χ1n) is 43.8. The van der Waals surface area contributed by atoms with E-state index < -0.39 is 273 Å². The number of benzene rings is 3. The Morgan fingerprint density at radius 3 is 1.84 bits per heavy atom. The average molecular weight is 1830 g/mol. The number of aliphatic hydroxyl groups excluding tert-OH is 2. The van der Waals surface area contributed by atoms with Gasteiger partial charge in [-0.15, -0.1) is 11.3 Å². The predicted octanol–water partition coefficient (Wildman–Crippen LogP) is 0.179. The number of thioether (sulfide) groups is 1. The van der Waals surface area contributed by atoms with Gasteiger partial charge in [0.15, 0.2) is 17.3 Å². The molecule has 3 aromatic carbocycles. The van der Waals surface area contributed by atoms with Gasteiger partial charge < -0.3 is 104 Å². The van der Waals surface area contributed by atoms with Crippen LogP contribution in [0.15, 0.2) is 84.4 Å². The molecule has 40 heteroatoms. The number of amides is 14. The minimum atomic E-state index is -1.88. The highest BCUT2D eigenvalue weighted by atomic mass is 32.2. The van der Waals surface area contributed by atoms with Crippen LogP contribution in [0, 0.1) is 17.8 Å². The summed E-state index contributed by atoms with van der Waals surface area (Å²) in [5, 5.41) is 64.6. The third kappa shape index (κ3) is 27.4. The number of likely N-dealkylation sites (N-methyl/N-ethyl adjacent to an activating group) is 2. The van der Waals surface area contributed by atoms with Crippen molar-refractivity contribution in [2.45, 2.75) is 228 Å². The summed E-state index contributed by atoms with van der Waals surface area (Å²) >= 11 is 2.21. The Kier molecular flexibility index (Phi) is 37.6. The Morgan fingerprint density at radius 1 is 0.566 bits per heavy atom. The number of nitrogens with one attached hydrogen (secondary N) is 8. The van der Waals surface area contributed by atoms with Crippen LogP contribution in [0.1, 0.15) is 153 Å². The second-order valence-corrected chi connectivity index (χ2v) is 35.6. The SMILES string of the molecule is CCCC[C@H]1C(=O)N(C)[C@@H](CCCC)C(=O)N[C@@H](C)C(=O)C[C@H](C(=O)NCC(N)=O)CSCC(=O)N[C@@H](Cc2ccc(O)cc2)C(=O)N2CCCC[C@H]2C(=O)C[C@@H](CC(=O)O)C(=O)N2CCC[C@H]2C(=O)N[C@@H](CN)C(=O)C[C@@H](CCC(N)=O)C(=O)N2C[C@H](O)C[C@H]2C(=O)N[C@@H](Cc2c[nH]c3ccccc23)C(=O)N[C@@H](CO)C(=O)N[C@@H](Cc2csc3ccccc23)C(=O)N1C. The van der Waals surface area contributed by atoms with E-state index in [9.17, 15) is 73.2 Å². The van der Waals surface area contributed by atoms with Gasteiger partial charge in [-0.2, -0.15) is 11.8 Å². The Labute approximate surface area is 754 Å². The largest absolute Gasteiger partial charge is 0.508 e. The maximum Gasteiger partial charge on any atom is 0.304 e. The molecule has 14 amide bonds. The molecule has 15 atom stereocenters. The smallest absolute Gasteiger partial charge is 0.304 e. The van der Waals surface area contributed by atoms with Crippen LogP contribution in [0.2, 0.25) is 0 Å². The third-order valence-electron chi connectivity index (χ3n) is 24.2. The van der Waals surface area contributed by atoms with E-state index >= 15 is 33.6 Å². The summed E-state index contributed by atoms with van der Waals surface area (Å²) in [6, 6.07) is 3.51. The number of H-pyrrole nitrogens is 1. The third-order valence-corrected chi connectivity index (χ3v) is 26.4. The molecule has 2 aromatic heterocycles. The summed E-state index contributed by atoms with van der Waals surface area (Å²) in [5.74, 6) is -21.6. The van der Waals surface area contributed by atoms with E-state index in [1.807, 2.05) is 32.0 Å². The molecule has 0 radical (unpaired) electrons. The second-order valence-electron chi connectivity index (χ2n) is 33.7. The summed E-state index contributed by atoms with van der Waals surface area (Å²) in [6.45, 7) is 2.02. The number of Topliss-reactive ketones (excluding diaryl/α,β-unsaturated/α-hetero) is 3. The quantitative estimate of drug-likeness (QED) is 0.0439. The van der Waals surface area contributed by atoms with Gasteiger partial charge in [-0.1, -0.05) is 88.1 Å². The number of ketones is 3. The number of carbonyl (C=O) groups excluding carboxylic acids is 17. The molecule has 0 saturated carbocycles. The van der Waals surface area contributed by atoms with E-state index in [-0.39, 0.29) is 76.0 Å². The number of phenols is 1. The highest BCUT2D eigenvalue weighted by Crippen LogP contribution is 2.33. The number of fused-ring (bicyclic) bond motifs is 5. The fourth-order valence-corrected chi connectivity index (χ4v) is 19.0. The number of primary amides is 2. The van der Waals surface area contributed by atoms with Crippen LogP contribution in [0.4, 0.5) is 0 Å². The number of aromatic nitrogens is 1. The highest BCUT2D eigenvalue weighted by molar-refractivity contribution is 7.99. The van der Waals surface area contributed by atoms with E-state index in [1.165, 1.54) is 66.4 Å². The maximum atomic E-state index is 15.6. The lowest BCUT2D eigenvalue weighted by Crippen LogP contribution is -2.61. The second kappa shape index (κ2) is 48.1. The standard InChI is InChI=1S/C89H120N16O22S2/c1-6-8-20-67-82(120)95-49(3)71(109)38-55(79(117)94-43-76(92)113)46-128-48-77(114)96-62(33-50-25-28-56(107)29-26-50)88(126)103-31-15-14-22-66(103)73(111)37-52(39-78(115)116)86(124)104-32-16-23-68(104)83(121)99-64(41-90)72(110)36-51(27-30-75(91)112)85(123)105-44-57(108)40-70(105)84(122)97-61(34-53-42-93-60-19-12-10-17-58(53)60)80(118)100-65(45-106)81(119)98-63(35-54-47-129-74-24-13-11-18-59(54)74)87(125)102(5)69(21-9-7-2)89(127)101(67)4/h10-13,17-19,24-26,28-29,42,47,49,51-52,55,57,61-70,93,106-108H,6-9,14-16,20-23,27,30-41,43-46,48,90H2,1-5H3,(H2,91,112)(H2,92,113)(H,94,117)(H,95,120)(H,96,114)(H,97,122)(H,98,119)(H,99,121)(H,100,118)(H,115,116)/t49-,51+,52-,55-,57+,61-,62-,63-,64-,65-,66-,67-,68-,69-,70-/m0/s1. The number of nitrogens with two attached hydrogens (primary N) is 3. The topological polar surface area (TPSA) is 582 Å². The Morgan fingerprint density at radius 2 is 1.16 bits per heavy atom.